The van der Waals surface area contributed by atoms with Crippen molar-refractivity contribution in [1.82, 2.24) is 25.1 Å². The van der Waals surface area contributed by atoms with Crippen LogP contribution in [0.5, 0.6) is 5.75 Å². The van der Waals surface area contributed by atoms with Crippen molar-refractivity contribution >= 4 is 22.3 Å². The number of carbonyl (C=O) groups excluding carboxylic acids is 1. The van der Waals surface area contributed by atoms with Crippen LogP contribution >= 0.6 is 0 Å². The minimum atomic E-state index is -4.62. The molecule has 11 nitrogen and oxygen atoms in total. The van der Waals surface area contributed by atoms with E-state index in [2.05, 4.69) is 24.4 Å². The molecule has 0 spiro atoms. The molecule has 31 heavy (non-hydrogen) atoms. The Balaban J connectivity index is 1.26. The molecule has 0 unspecified atom stereocenters. The molecule has 0 saturated carbocycles. The SMILES string of the molecule is O=C([C@@H]1C[C@H](N2CCN(c3ncc(OS(=O)(=O)O)cn3)CC2)CN1)N1CCC(F)(F)C1. The summed E-state index contributed by atoms with van der Waals surface area (Å²) < 4.78 is 61.2. The van der Waals surface area contributed by atoms with Crippen molar-refractivity contribution in [3.8, 4) is 5.75 Å². The Morgan fingerprint density at radius 1 is 1.19 bits per heavy atom. The van der Waals surface area contributed by atoms with Gasteiger partial charge in [0.05, 0.1) is 25.0 Å². The van der Waals surface area contributed by atoms with Gasteiger partial charge in [0, 0.05) is 51.7 Å². The van der Waals surface area contributed by atoms with Crippen LogP contribution in [0.15, 0.2) is 12.4 Å². The van der Waals surface area contributed by atoms with Gasteiger partial charge >= 0.3 is 10.4 Å². The molecule has 4 heterocycles. The maximum Gasteiger partial charge on any atom is 0.446 e. The van der Waals surface area contributed by atoms with Crippen molar-refractivity contribution in [1.29, 1.82) is 0 Å². The molecule has 1 amide bonds. The first-order valence-electron chi connectivity index (χ1n) is 9.98. The van der Waals surface area contributed by atoms with Crippen LogP contribution in [-0.4, -0.2) is 102 Å². The Bertz CT molecular complexity index is 910. The number of anilines is 1. The third-order valence-corrected chi connectivity index (χ3v) is 6.22. The van der Waals surface area contributed by atoms with Gasteiger partial charge in [0.1, 0.15) is 0 Å². The molecule has 3 saturated heterocycles. The number of nitrogens with one attached hydrogen (secondary N) is 1. The molecule has 1 aromatic rings. The minimum absolute atomic E-state index is 0.0986. The van der Waals surface area contributed by atoms with Crippen LogP contribution in [0, 0.1) is 0 Å². The van der Waals surface area contributed by atoms with Gasteiger partial charge in [0.25, 0.3) is 5.92 Å². The van der Waals surface area contributed by atoms with E-state index < -0.39 is 28.9 Å². The third kappa shape index (κ3) is 5.37. The lowest BCUT2D eigenvalue weighted by atomic mass is 10.1. The standard InChI is InChI=1S/C17H24F2N6O5S/c18-17(19)1-2-25(11-17)15(26)14-7-12(8-20-14)23-3-5-24(6-4-23)16-21-9-13(10-22-16)30-31(27,28)29/h9-10,12,14,20H,1-8,11H2,(H,27,28,29)/t12-,14-/m0/s1. The number of alkyl halides is 2. The molecule has 3 aliphatic heterocycles. The fourth-order valence-corrected chi connectivity index (χ4v) is 4.58. The van der Waals surface area contributed by atoms with Gasteiger partial charge in [-0.25, -0.2) is 18.7 Å². The molecule has 172 valence electrons. The van der Waals surface area contributed by atoms with E-state index in [1.807, 2.05) is 4.90 Å². The fraction of sp³-hybridized carbons (Fsp3) is 0.706. The van der Waals surface area contributed by atoms with Crippen molar-refractivity contribution in [2.24, 2.45) is 0 Å². The monoisotopic (exact) mass is 462 g/mol. The molecule has 3 fully saturated rings. The summed E-state index contributed by atoms with van der Waals surface area (Å²) in [7, 11) is -4.62. The van der Waals surface area contributed by atoms with Gasteiger partial charge in [-0.15, -0.1) is 0 Å². The fourth-order valence-electron chi connectivity index (χ4n) is 4.25. The maximum atomic E-state index is 13.4. The summed E-state index contributed by atoms with van der Waals surface area (Å²) >= 11 is 0. The van der Waals surface area contributed by atoms with E-state index in [4.69, 9.17) is 4.55 Å². The van der Waals surface area contributed by atoms with Gasteiger partial charge in [-0.05, 0) is 6.42 Å². The zero-order valence-corrected chi connectivity index (χ0v) is 17.5. The molecule has 0 aliphatic carbocycles. The number of hydrogen-bond donors (Lipinski definition) is 2. The number of hydrogen-bond acceptors (Lipinski definition) is 9. The summed E-state index contributed by atoms with van der Waals surface area (Å²) in [6, 6.07) is -0.290. The van der Waals surface area contributed by atoms with Gasteiger partial charge in [-0.1, -0.05) is 0 Å². The molecule has 1 aromatic heterocycles. The first-order chi connectivity index (χ1) is 14.6. The number of rotatable bonds is 5. The average Bonchev–Trinajstić information content (AvgIpc) is 3.34. The first-order valence-corrected chi connectivity index (χ1v) is 11.3. The van der Waals surface area contributed by atoms with E-state index in [0.29, 0.717) is 45.1 Å². The number of nitrogens with zero attached hydrogens (tertiary/aromatic N) is 5. The molecule has 0 radical (unpaired) electrons. The number of aromatic nitrogens is 2. The lowest BCUT2D eigenvalue weighted by Gasteiger charge is -2.37. The van der Waals surface area contributed by atoms with E-state index in [1.54, 1.807) is 0 Å². The normalized spacial score (nSPS) is 26.9. The quantitative estimate of drug-likeness (QED) is 0.546. The Labute approximate surface area is 178 Å². The van der Waals surface area contributed by atoms with Crippen LogP contribution in [0.3, 0.4) is 0 Å². The molecular weight excluding hydrogens is 438 g/mol. The van der Waals surface area contributed by atoms with Gasteiger partial charge in [0.2, 0.25) is 11.9 Å². The summed E-state index contributed by atoms with van der Waals surface area (Å²) in [6.45, 7) is 2.91. The van der Waals surface area contributed by atoms with Crippen molar-refractivity contribution in [2.45, 2.75) is 30.8 Å². The van der Waals surface area contributed by atoms with Crippen LogP contribution in [0.1, 0.15) is 12.8 Å². The van der Waals surface area contributed by atoms with Gasteiger partial charge < -0.3 is 19.3 Å². The molecule has 2 N–H and O–H groups in total. The Morgan fingerprint density at radius 3 is 2.45 bits per heavy atom. The van der Waals surface area contributed by atoms with Crippen molar-refractivity contribution in [2.75, 3.05) is 50.7 Å². The second-order valence-corrected chi connectivity index (χ2v) is 8.99. The first kappa shape index (κ1) is 22.0. The summed E-state index contributed by atoms with van der Waals surface area (Å²) in [5.41, 5.74) is 0. The predicted molar refractivity (Wildman–Crippen MR) is 104 cm³/mol. The molecule has 14 heteroatoms. The Kier molecular flexibility index (Phi) is 5.98. The molecule has 4 rings (SSSR count). The maximum absolute atomic E-state index is 13.4. The van der Waals surface area contributed by atoms with Crippen molar-refractivity contribution < 1.29 is 30.7 Å². The minimum Gasteiger partial charge on any atom is -0.358 e. The number of amides is 1. The van der Waals surface area contributed by atoms with Crippen LogP contribution in [0.4, 0.5) is 14.7 Å². The number of likely N-dealkylation sites (tertiary alicyclic amines) is 1. The average molecular weight is 462 g/mol. The van der Waals surface area contributed by atoms with Crippen LogP contribution < -0.4 is 14.4 Å². The topological polar surface area (TPSA) is 128 Å². The number of halogens is 2. The van der Waals surface area contributed by atoms with E-state index in [1.165, 1.54) is 17.3 Å². The van der Waals surface area contributed by atoms with Crippen LogP contribution in [0.25, 0.3) is 0 Å². The van der Waals surface area contributed by atoms with E-state index >= 15 is 0 Å². The summed E-state index contributed by atoms with van der Waals surface area (Å²) in [5.74, 6) is -2.81. The van der Waals surface area contributed by atoms with Crippen LogP contribution in [0.2, 0.25) is 0 Å². The second kappa shape index (κ2) is 8.41. The zero-order chi connectivity index (χ0) is 22.2. The zero-order valence-electron chi connectivity index (χ0n) is 16.7. The Morgan fingerprint density at radius 2 is 1.87 bits per heavy atom. The van der Waals surface area contributed by atoms with Crippen molar-refractivity contribution in [3.05, 3.63) is 12.4 Å². The van der Waals surface area contributed by atoms with Crippen molar-refractivity contribution in [3.63, 3.8) is 0 Å². The summed E-state index contributed by atoms with van der Waals surface area (Å²) in [6.07, 6.45) is 2.64. The van der Waals surface area contributed by atoms with E-state index in [-0.39, 0.29) is 30.7 Å². The molecule has 2 atom stereocenters. The smallest absolute Gasteiger partial charge is 0.358 e. The van der Waals surface area contributed by atoms with Gasteiger partial charge in [0.15, 0.2) is 5.75 Å². The molecule has 0 aromatic carbocycles. The third-order valence-electron chi connectivity index (χ3n) is 5.82. The largest absolute Gasteiger partial charge is 0.446 e. The highest BCUT2D eigenvalue weighted by atomic mass is 32.3. The molecule has 3 aliphatic rings. The lowest BCUT2D eigenvalue weighted by Crippen LogP contribution is -2.51. The van der Waals surface area contributed by atoms with E-state index in [9.17, 15) is 22.0 Å². The highest BCUT2D eigenvalue weighted by molar-refractivity contribution is 7.81. The van der Waals surface area contributed by atoms with Gasteiger partial charge in [-0.2, -0.15) is 8.42 Å². The molecular formula is C17H24F2N6O5S. The van der Waals surface area contributed by atoms with E-state index in [0.717, 1.165) is 0 Å². The Hall–Kier alpha value is -2.16. The predicted octanol–water partition coefficient (Wildman–Crippen LogP) is -0.622. The lowest BCUT2D eigenvalue weighted by molar-refractivity contribution is -0.133. The van der Waals surface area contributed by atoms with Crippen LogP contribution in [-0.2, 0) is 15.2 Å². The second-order valence-electron chi connectivity index (χ2n) is 7.97. The number of piperazine rings is 1. The molecule has 0 bridgehead atoms. The summed E-state index contributed by atoms with van der Waals surface area (Å²) in [4.78, 5) is 26.1. The highest BCUT2D eigenvalue weighted by Gasteiger charge is 2.43. The summed E-state index contributed by atoms with van der Waals surface area (Å²) in [5, 5.41) is 3.18. The van der Waals surface area contributed by atoms with Gasteiger partial charge in [-0.3, -0.25) is 14.2 Å². The number of carbonyl (C=O) groups is 1. The highest BCUT2D eigenvalue weighted by Crippen LogP contribution is 2.28.